The molecule has 0 spiro atoms. The van der Waals surface area contributed by atoms with Gasteiger partial charge in [-0.1, -0.05) is 20.8 Å². The van der Waals surface area contributed by atoms with E-state index in [1.165, 1.54) is 5.69 Å². The Kier molecular flexibility index (Phi) is 4.10. The highest BCUT2D eigenvalue weighted by atomic mass is 79.9. The Morgan fingerprint density at radius 1 is 1.56 bits per heavy atom. The first-order chi connectivity index (χ1) is 8.37. The van der Waals surface area contributed by atoms with Gasteiger partial charge >= 0.3 is 0 Å². The summed E-state index contributed by atoms with van der Waals surface area (Å²) in [6, 6.07) is 0.492. The molecule has 0 amide bonds. The number of hydrogen-bond donors (Lipinski definition) is 1. The zero-order valence-corrected chi connectivity index (χ0v) is 13.8. The monoisotopic (exact) mass is 333 g/mol. The number of nitrogens with one attached hydrogen (secondary N) is 1. The Labute approximate surface area is 122 Å². The van der Waals surface area contributed by atoms with Crippen molar-refractivity contribution in [3.63, 3.8) is 0 Å². The Morgan fingerprint density at radius 3 is 2.67 bits per heavy atom. The van der Waals surface area contributed by atoms with Crippen molar-refractivity contribution >= 4 is 27.5 Å². The maximum Gasteiger partial charge on any atom is 0.0767 e. The van der Waals surface area contributed by atoms with E-state index in [0.717, 1.165) is 29.6 Å². The maximum atomic E-state index is 6.24. The van der Waals surface area contributed by atoms with E-state index in [2.05, 4.69) is 47.1 Å². The average molecular weight is 335 g/mol. The number of aromatic nitrogens is 2. The Balaban J connectivity index is 2.01. The maximum absolute atomic E-state index is 6.24. The van der Waals surface area contributed by atoms with Gasteiger partial charge in [-0.05, 0) is 34.2 Å². The first kappa shape index (κ1) is 14.4. The van der Waals surface area contributed by atoms with Crippen LogP contribution in [0.15, 0.2) is 4.47 Å². The van der Waals surface area contributed by atoms with Gasteiger partial charge in [0.2, 0.25) is 0 Å². The van der Waals surface area contributed by atoms with Crippen LogP contribution < -0.4 is 5.32 Å². The molecule has 2 atom stereocenters. The van der Waals surface area contributed by atoms with Crippen LogP contribution in [-0.2, 0) is 20.0 Å². The lowest BCUT2D eigenvalue weighted by Gasteiger charge is -2.49. The normalized spacial score (nSPS) is 26.1. The van der Waals surface area contributed by atoms with Crippen LogP contribution in [0.5, 0.6) is 0 Å². The molecule has 1 aromatic rings. The zero-order valence-electron chi connectivity index (χ0n) is 11.4. The molecule has 1 heterocycles. The van der Waals surface area contributed by atoms with Crippen LogP contribution in [0.1, 0.15) is 38.6 Å². The Bertz CT molecular complexity index is 442. The summed E-state index contributed by atoms with van der Waals surface area (Å²) in [6.45, 7) is 7.41. The van der Waals surface area contributed by atoms with Gasteiger partial charge in [-0.2, -0.15) is 5.10 Å². The minimum atomic E-state index is 0.181. The molecule has 0 aliphatic heterocycles. The standard InChI is InChI=1S/C13H21BrClN3/c1-5-8-12(14)9(18(4)17-8)7-16-11-6-10(15)13(11,2)3/h10-11,16H,5-7H2,1-4H3. The number of halogens is 2. The van der Waals surface area contributed by atoms with Gasteiger partial charge in [-0.3, -0.25) is 4.68 Å². The molecule has 1 aromatic heterocycles. The van der Waals surface area contributed by atoms with Crippen LogP contribution in [-0.4, -0.2) is 21.2 Å². The van der Waals surface area contributed by atoms with Crippen molar-refractivity contribution in [3.05, 3.63) is 15.9 Å². The smallest absolute Gasteiger partial charge is 0.0767 e. The lowest BCUT2D eigenvalue weighted by atomic mass is 9.67. The van der Waals surface area contributed by atoms with Crippen molar-refractivity contribution in [2.45, 2.75) is 51.6 Å². The largest absolute Gasteiger partial charge is 0.308 e. The third kappa shape index (κ3) is 2.35. The topological polar surface area (TPSA) is 29.9 Å². The van der Waals surface area contributed by atoms with E-state index in [1.54, 1.807) is 0 Å². The van der Waals surface area contributed by atoms with E-state index in [1.807, 2.05) is 11.7 Å². The Hall–Kier alpha value is -0.0600. The highest BCUT2D eigenvalue weighted by Gasteiger charge is 2.46. The van der Waals surface area contributed by atoms with E-state index in [9.17, 15) is 0 Å². The summed E-state index contributed by atoms with van der Waals surface area (Å²) in [7, 11) is 2.00. The molecular formula is C13H21BrClN3. The highest BCUT2D eigenvalue weighted by molar-refractivity contribution is 9.10. The van der Waals surface area contributed by atoms with E-state index in [4.69, 9.17) is 11.6 Å². The molecule has 1 aliphatic carbocycles. The molecule has 0 radical (unpaired) electrons. The van der Waals surface area contributed by atoms with Gasteiger partial charge in [-0.15, -0.1) is 11.6 Å². The van der Waals surface area contributed by atoms with Crippen molar-refractivity contribution in [1.29, 1.82) is 0 Å². The van der Waals surface area contributed by atoms with E-state index in [0.29, 0.717) is 6.04 Å². The molecule has 0 saturated heterocycles. The third-order valence-electron chi connectivity index (χ3n) is 4.17. The van der Waals surface area contributed by atoms with E-state index < -0.39 is 0 Å². The number of hydrogen-bond acceptors (Lipinski definition) is 2. The number of alkyl halides is 1. The van der Waals surface area contributed by atoms with Crippen molar-refractivity contribution in [2.24, 2.45) is 12.5 Å². The van der Waals surface area contributed by atoms with Crippen LogP contribution in [0.3, 0.4) is 0 Å². The summed E-state index contributed by atoms with van der Waals surface area (Å²) in [5.41, 5.74) is 2.51. The van der Waals surface area contributed by atoms with Crippen molar-refractivity contribution in [2.75, 3.05) is 0 Å². The molecule has 1 saturated carbocycles. The third-order valence-corrected chi connectivity index (χ3v) is 5.82. The summed E-state index contributed by atoms with van der Waals surface area (Å²) < 4.78 is 3.10. The number of nitrogens with zero attached hydrogens (tertiary/aromatic N) is 2. The van der Waals surface area contributed by atoms with Crippen LogP contribution in [0.4, 0.5) is 0 Å². The quantitative estimate of drug-likeness (QED) is 0.857. The van der Waals surface area contributed by atoms with Crippen molar-refractivity contribution in [3.8, 4) is 0 Å². The van der Waals surface area contributed by atoms with Crippen LogP contribution in [0, 0.1) is 5.41 Å². The summed E-state index contributed by atoms with van der Waals surface area (Å²) in [5.74, 6) is 0. The molecule has 5 heteroatoms. The fraction of sp³-hybridized carbons (Fsp3) is 0.769. The molecule has 18 heavy (non-hydrogen) atoms. The molecule has 0 aromatic carbocycles. The first-order valence-electron chi connectivity index (χ1n) is 6.45. The molecule has 1 fully saturated rings. The molecule has 1 N–H and O–H groups in total. The van der Waals surface area contributed by atoms with Crippen LogP contribution in [0.25, 0.3) is 0 Å². The van der Waals surface area contributed by atoms with Crippen molar-refractivity contribution < 1.29 is 0 Å². The minimum Gasteiger partial charge on any atom is -0.308 e. The van der Waals surface area contributed by atoms with Crippen LogP contribution in [0.2, 0.25) is 0 Å². The second-order valence-electron chi connectivity index (χ2n) is 5.64. The molecule has 3 nitrogen and oxygen atoms in total. The van der Waals surface area contributed by atoms with Gasteiger partial charge in [0.15, 0.2) is 0 Å². The second-order valence-corrected chi connectivity index (χ2v) is 6.96. The van der Waals surface area contributed by atoms with Gasteiger partial charge < -0.3 is 5.32 Å². The highest BCUT2D eigenvalue weighted by Crippen LogP contribution is 2.44. The fourth-order valence-electron chi connectivity index (χ4n) is 2.45. The summed E-state index contributed by atoms with van der Waals surface area (Å²) in [4.78, 5) is 0. The van der Waals surface area contributed by atoms with Gasteiger partial charge in [-0.25, -0.2) is 0 Å². The zero-order chi connectivity index (χ0) is 13.5. The second kappa shape index (κ2) is 5.14. The molecule has 102 valence electrons. The molecule has 1 aliphatic rings. The van der Waals surface area contributed by atoms with E-state index >= 15 is 0 Å². The number of rotatable bonds is 4. The number of aryl methyl sites for hydroxylation is 2. The molecule has 2 unspecified atom stereocenters. The molecule has 2 rings (SSSR count). The minimum absolute atomic E-state index is 0.181. The molecule has 0 bridgehead atoms. The molecular weight excluding hydrogens is 314 g/mol. The fourth-order valence-corrected chi connectivity index (χ4v) is 3.54. The van der Waals surface area contributed by atoms with Gasteiger partial charge in [0.25, 0.3) is 0 Å². The summed E-state index contributed by atoms with van der Waals surface area (Å²) in [6.07, 6.45) is 2.00. The predicted octanol–water partition coefficient (Wildman–Crippen LogP) is 3.24. The summed E-state index contributed by atoms with van der Waals surface area (Å²) >= 11 is 9.88. The lowest BCUT2D eigenvalue weighted by Crippen LogP contribution is -2.57. The van der Waals surface area contributed by atoms with Gasteiger partial charge in [0, 0.05) is 25.0 Å². The van der Waals surface area contributed by atoms with Gasteiger partial charge in [0.1, 0.15) is 0 Å². The first-order valence-corrected chi connectivity index (χ1v) is 7.68. The summed E-state index contributed by atoms with van der Waals surface area (Å²) in [5, 5.41) is 8.39. The SMILES string of the molecule is CCc1nn(C)c(CNC2CC(Cl)C2(C)C)c1Br. The predicted molar refractivity (Wildman–Crippen MR) is 79.0 cm³/mol. The average Bonchev–Trinajstić information content (AvgIpc) is 2.60. The van der Waals surface area contributed by atoms with E-state index in [-0.39, 0.29) is 10.8 Å². The Morgan fingerprint density at radius 2 is 2.22 bits per heavy atom. The van der Waals surface area contributed by atoms with Crippen molar-refractivity contribution in [1.82, 2.24) is 15.1 Å². The van der Waals surface area contributed by atoms with Gasteiger partial charge in [0.05, 0.1) is 15.9 Å². The lowest BCUT2D eigenvalue weighted by molar-refractivity contribution is 0.115. The van der Waals surface area contributed by atoms with Crippen LogP contribution >= 0.6 is 27.5 Å².